The van der Waals surface area contributed by atoms with Gasteiger partial charge in [0.05, 0.1) is 22.3 Å². The highest BCUT2D eigenvalue weighted by Crippen LogP contribution is 2.58. The molecule has 6 atom stereocenters. The average Bonchev–Trinajstić information content (AvgIpc) is 0.672. The van der Waals surface area contributed by atoms with E-state index in [4.69, 9.17) is 37.9 Å². The number of para-hydroxylation sites is 4. The lowest BCUT2D eigenvalue weighted by atomic mass is 9.80. The van der Waals surface area contributed by atoms with E-state index >= 15 is 19.2 Å². The third-order valence-corrected chi connectivity index (χ3v) is 18.1. The van der Waals surface area contributed by atoms with Crippen LogP contribution in [-0.2, 0) is 38.1 Å². The van der Waals surface area contributed by atoms with Gasteiger partial charge in [-0.25, -0.2) is 19.2 Å². The molecule has 9 aromatic rings. The molecule has 2 fully saturated rings. The van der Waals surface area contributed by atoms with Crippen LogP contribution in [0.15, 0.2) is 170 Å². The number of hydrogen-bond acceptors (Lipinski definition) is 16. The van der Waals surface area contributed by atoms with E-state index in [9.17, 15) is 19.2 Å². The highest BCUT2D eigenvalue weighted by molar-refractivity contribution is 6.45. The molecular formula is C78H70N2O16. The van der Waals surface area contributed by atoms with E-state index < -0.39 is 84.0 Å². The molecular weight excluding hydrogens is 1220 g/mol. The second-order valence-electron chi connectivity index (χ2n) is 25.0. The van der Waals surface area contributed by atoms with Crippen LogP contribution in [0.4, 0.5) is 0 Å². The molecule has 0 radical (unpaired) electrons. The molecule has 2 aliphatic heterocycles. The van der Waals surface area contributed by atoms with Gasteiger partial charge in [-0.3, -0.25) is 29.0 Å². The number of hydrogen-bond donors (Lipinski definition) is 0. The first-order valence-electron chi connectivity index (χ1n) is 32.7. The SMILES string of the molecule is C=C(C)C(=O)OC1CCCC(OC(=O)C(CCC)N2C(=O)c3cc(Oc4ccccc4)c4c5c(Oc6ccccc6)cc6c7c(cc(Oc8ccccc8)c(c8c(Oc9ccccc9)cc(c3c48)C2=O)c75)C(=O)N(C(CCC)C(=O)OC2CCCC(OC(=O)C(=C)C)C2)C6=O)C1. The Morgan fingerprint density at radius 2 is 0.656 bits per heavy atom. The van der Waals surface area contributed by atoms with E-state index in [1.165, 1.54) is 0 Å². The van der Waals surface area contributed by atoms with Crippen LogP contribution in [0.5, 0.6) is 46.0 Å². The summed E-state index contributed by atoms with van der Waals surface area (Å²) in [6.07, 6.45) is 1.85. The summed E-state index contributed by atoms with van der Waals surface area (Å²) in [5.41, 5.74) is 0.398. The smallest absolute Gasteiger partial charge is 0.333 e. The standard InChI is InChI=1S/C78H70N2O16/c1-7-23-57(77(87)95-51-35-21-33-49(37-51)93-75(85)43(3)4)79-71(81)53-39-59(89-45-25-13-9-14-26-45)65-67-61(91-47-29-17-11-18-30-47)41-55-64-56(74(84)80(73(55)83)58(24-8-2)78(88)96-52-36-22-34-50(38-52)94-76(86)44(5)6)42-62(92-48-31-19-12-20-32-48)68(70(64)67)66-60(90-46-27-15-10-16-28-46)40-54(72(79)82)63(53)69(65)66/h9-20,25-32,39-42,49-52,57-58H,3,5,7-8,21-24,33-38H2,1-2,4,6H3. The predicted molar refractivity (Wildman–Crippen MR) is 358 cm³/mol. The Labute approximate surface area is 553 Å². The van der Waals surface area contributed by atoms with Crippen LogP contribution in [0.1, 0.15) is 146 Å². The number of esters is 4. The van der Waals surface area contributed by atoms with Crippen molar-refractivity contribution < 1.29 is 76.3 Å². The van der Waals surface area contributed by atoms with E-state index in [2.05, 4.69) is 13.2 Å². The van der Waals surface area contributed by atoms with E-state index in [0.29, 0.717) is 74.4 Å². The maximum Gasteiger partial charge on any atom is 0.333 e. The lowest BCUT2D eigenvalue weighted by Crippen LogP contribution is -2.52. The number of carbonyl (C=O) groups is 8. The zero-order valence-corrected chi connectivity index (χ0v) is 53.6. The van der Waals surface area contributed by atoms with Crippen LogP contribution in [0, 0.1) is 0 Å². The molecule has 13 rings (SSSR count). The molecule has 0 bridgehead atoms. The van der Waals surface area contributed by atoms with Gasteiger partial charge in [0.25, 0.3) is 23.6 Å². The van der Waals surface area contributed by atoms with E-state index in [-0.39, 0.29) is 125 Å². The Kier molecular flexibility index (Phi) is 17.9. The van der Waals surface area contributed by atoms with Crippen molar-refractivity contribution in [1.82, 2.24) is 9.80 Å². The minimum atomic E-state index is -1.43. The molecule has 2 heterocycles. The average molecular weight is 1290 g/mol. The van der Waals surface area contributed by atoms with E-state index in [0.717, 1.165) is 9.80 Å². The van der Waals surface area contributed by atoms with Crippen LogP contribution in [0.25, 0.3) is 43.1 Å². The summed E-state index contributed by atoms with van der Waals surface area (Å²) in [6.45, 7) is 14.2. The summed E-state index contributed by atoms with van der Waals surface area (Å²) < 4.78 is 52.1. The summed E-state index contributed by atoms with van der Waals surface area (Å²) in [6, 6.07) is 38.7. The Balaban J connectivity index is 1.07. The molecule has 2 saturated carbocycles. The third-order valence-electron chi connectivity index (χ3n) is 18.1. The molecule has 0 N–H and O–H groups in total. The fraction of sp³-hybridized carbons (Fsp3) is 0.282. The lowest BCUT2D eigenvalue weighted by Gasteiger charge is -2.36. The van der Waals surface area contributed by atoms with Gasteiger partial charge in [-0.2, -0.15) is 0 Å². The number of imide groups is 2. The van der Waals surface area contributed by atoms with Gasteiger partial charge in [-0.05, 0) is 138 Å². The monoisotopic (exact) mass is 1290 g/mol. The Bertz CT molecular complexity index is 4120. The van der Waals surface area contributed by atoms with E-state index in [1.807, 2.05) is 38.1 Å². The van der Waals surface area contributed by atoms with Gasteiger partial charge in [0.15, 0.2) is 0 Å². The number of nitrogens with zero attached hydrogens (tertiary/aromatic N) is 2. The number of amides is 4. The molecule has 96 heavy (non-hydrogen) atoms. The van der Waals surface area contributed by atoms with Crippen molar-refractivity contribution in [2.45, 2.75) is 141 Å². The van der Waals surface area contributed by atoms with Gasteiger partial charge in [0, 0.05) is 67.1 Å². The number of benzene rings is 9. The van der Waals surface area contributed by atoms with Crippen LogP contribution in [0.3, 0.4) is 0 Å². The highest BCUT2D eigenvalue weighted by atomic mass is 16.6. The molecule has 488 valence electrons. The third kappa shape index (κ3) is 12.1. The second-order valence-corrected chi connectivity index (χ2v) is 25.0. The molecule has 4 aliphatic rings. The van der Waals surface area contributed by atoms with Crippen LogP contribution < -0.4 is 18.9 Å². The Hall–Kier alpha value is -10.9. The van der Waals surface area contributed by atoms with Gasteiger partial charge >= 0.3 is 23.9 Å². The number of carbonyl (C=O) groups excluding carboxylic acids is 8. The normalized spacial score (nSPS) is 18.2. The van der Waals surface area contributed by atoms with Gasteiger partial charge in [-0.15, -0.1) is 0 Å². The maximum absolute atomic E-state index is 16.1. The molecule has 0 aromatic heterocycles. The van der Waals surface area contributed by atoms with Crippen LogP contribution in [-0.4, -0.2) is 93.8 Å². The van der Waals surface area contributed by atoms with E-state index in [1.54, 1.807) is 135 Å². The maximum atomic E-state index is 16.1. The van der Waals surface area contributed by atoms with Gasteiger partial charge < -0.3 is 37.9 Å². The van der Waals surface area contributed by atoms with Gasteiger partial charge in [0.1, 0.15) is 82.5 Å². The first kappa shape index (κ1) is 63.9. The minimum absolute atomic E-state index is 0.0169. The summed E-state index contributed by atoms with van der Waals surface area (Å²) in [5.74, 6) is -4.43. The van der Waals surface area contributed by atoms with Gasteiger partial charge in [-0.1, -0.05) is 113 Å². The number of rotatable bonds is 22. The predicted octanol–water partition coefficient (Wildman–Crippen LogP) is 16.4. The Morgan fingerprint density at radius 3 is 0.906 bits per heavy atom. The quantitative estimate of drug-likeness (QED) is 0.0154. The van der Waals surface area contributed by atoms with Crippen molar-refractivity contribution in [3.05, 3.63) is 192 Å². The van der Waals surface area contributed by atoms with Crippen LogP contribution in [0.2, 0.25) is 0 Å². The van der Waals surface area contributed by atoms with Crippen molar-refractivity contribution in [3.8, 4) is 46.0 Å². The summed E-state index contributed by atoms with van der Waals surface area (Å²) in [5, 5.41) is 1.94. The highest BCUT2D eigenvalue weighted by Gasteiger charge is 2.47. The Morgan fingerprint density at radius 1 is 0.396 bits per heavy atom. The van der Waals surface area contributed by atoms with Crippen molar-refractivity contribution in [1.29, 1.82) is 0 Å². The molecule has 6 unspecified atom stereocenters. The lowest BCUT2D eigenvalue weighted by molar-refractivity contribution is -0.162. The molecule has 4 amide bonds. The van der Waals surface area contributed by atoms with Crippen molar-refractivity contribution in [2.75, 3.05) is 0 Å². The molecule has 2 aliphatic carbocycles. The van der Waals surface area contributed by atoms with Crippen molar-refractivity contribution in [3.63, 3.8) is 0 Å². The molecule has 18 nitrogen and oxygen atoms in total. The molecule has 0 saturated heterocycles. The second kappa shape index (κ2) is 26.9. The zero-order valence-electron chi connectivity index (χ0n) is 53.6. The molecule has 18 heteroatoms. The number of ether oxygens (including phenoxy) is 8. The topological polar surface area (TPSA) is 217 Å². The first-order valence-corrected chi connectivity index (χ1v) is 32.7. The fourth-order valence-electron chi connectivity index (χ4n) is 13.8. The zero-order chi connectivity index (χ0) is 67.1. The summed E-state index contributed by atoms with van der Waals surface area (Å²) in [4.78, 5) is 121. The minimum Gasteiger partial charge on any atom is -0.461 e. The molecule has 0 spiro atoms. The molecule has 9 aromatic carbocycles. The number of fused-ring (bicyclic) bond motifs is 2. The van der Waals surface area contributed by atoms with Crippen molar-refractivity contribution in [2.24, 2.45) is 0 Å². The fourth-order valence-corrected chi connectivity index (χ4v) is 13.8. The first-order chi connectivity index (χ1) is 46.5. The largest absolute Gasteiger partial charge is 0.461 e. The van der Waals surface area contributed by atoms with Crippen molar-refractivity contribution >= 4 is 90.6 Å². The summed E-state index contributed by atoms with van der Waals surface area (Å²) >= 11 is 0. The van der Waals surface area contributed by atoms with Crippen LogP contribution >= 0.6 is 0 Å². The summed E-state index contributed by atoms with van der Waals surface area (Å²) in [7, 11) is 0. The van der Waals surface area contributed by atoms with Gasteiger partial charge in [0.2, 0.25) is 0 Å².